The fourth-order valence-corrected chi connectivity index (χ4v) is 4.84. The Bertz CT molecular complexity index is 294. The summed E-state index contributed by atoms with van der Waals surface area (Å²) in [5, 5.41) is 0. The van der Waals surface area contributed by atoms with Crippen LogP contribution in [0.1, 0.15) is 194 Å². The van der Waals surface area contributed by atoms with Crippen molar-refractivity contribution >= 4 is 0 Å². The van der Waals surface area contributed by atoms with Gasteiger partial charge in [0.2, 0.25) is 0 Å². The highest BCUT2D eigenvalue weighted by molar-refractivity contribution is 4.53. The van der Waals surface area contributed by atoms with Crippen molar-refractivity contribution < 1.29 is 0 Å². The lowest BCUT2D eigenvalue weighted by molar-refractivity contribution is 0.468. The largest absolute Gasteiger partial charge is 0.0654 e. The van der Waals surface area contributed by atoms with E-state index in [2.05, 4.69) is 20.8 Å². The second-order valence-electron chi connectivity index (χ2n) is 10.8. The molecule has 0 aromatic rings. The molecule has 0 radical (unpaired) electrons. The van der Waals surface area contributed by atoms with E-state index < -0.39 is 0 Å². The Balaban J connectivity index is 3.01. The van der Waals surface area contributed by atoms with Crippen molar-refractivity contribution in [3.8, 4) is 0 Å². The van der Waals surface area contributed by atoms with Crippen LogP contribution in [0.4, 0.5) is 0 Å². The van der Waals surface area contributed by atoms with Gasteiger partial charge in [-0.2, -0.15) is 0 Å². The predicted octanol–water partition coefficient (Wildman–Crippen LogP) is 12.2. The van der Waals surface area contributed by atoms with E-state index in [-0.39, 0.29) is 0 Å². The molecule has 0 saturated carbocycles. The molecule has 0 N–H and O–H groups in total. The van der Waals surface area contributed by atoms with Crippen molar-refractivity contribution in [3.05, 3.63) is 0 Å². The molecule has 0 heteroatoms. The van der Waals surface area contributed by atoms with Gasteiger partial charge in [-0.05, 0) is 5.92 Å². The van der Waals surface area contributed by atoms with Gasteiger partial charge in [0.15, 0.2) is 0 Å². The molecular formula is C31H64. The third-order valence-corrected chi connectivity index (χ3v) is 7.50. The van der Waals surface area contributed by atoms with E-state index in [1.807, 2.05) is 0 Å². The zero-order chi connectivity index (χ0) is 22.7. The average molecular weight is 437 g/mol. The van der Waals surface area contributed by atoms with Crippen LogP contribution >= 0.6 is 0 Å². The molecule has 0 amide bonds. The predicted molar refractivity (Wildman–Crippen MR) is 145 cm³/mol. The van der Waals surface area contributed by atoms with E-state index in [0.29, 0.717) is 0 Å². The second-order valence-corrected chi connectivity index (χ2v) is 10.8. The molecule has 0 aliphatic rings. The summed E-state index contributed by atoms with van der Waals surface area (Å²) in [6.45, 7) is 7.03. The van der Waals surface area contributed by atoms with Gasteiger partial charge < -0.3 is 0 Å². The van der Waals surface area contributed by atoms with E-state index >= 15 is 0 Å². The van der Waals surface area contributed by atoms with Crippen molar-refractivity contribution in [2.75, 3.05) is 0 Å². The van der Waals surface area contributed by atoms with Crippen LogP contribution in [0, 0.1) is 5.92 Å². The molecule has 0 saturated heterocycles. The van der Waals surface area contributed by atoms with Gasteiger partial charge in [0, 0.05) is 0 Å². The summed E-state index contributed by atoms with van der Waals surface area (Å²) < 4.78 is 0. The molecule has 0 fully saturated rings. The Morgan fingerprint density at radius 2 is 0.548 bits per heavy atom. The lowest BCUT2D eigenvalue weighted by Gasteiger charge is -2.07. The molecule has 0 aromatic carbocycles. The van der Waals surface area contributed by atoms with Crippen molar-refractivity contribution in [2.24, 2.45) is 5.92 Å². The van der Waals surface area contributed by atoms with E-state index in [9.17, 15) is 0 Å². The fourth-order valence-electron chi connectivity index (χ4n) is 4.84. The van der Waals surface area contributed by atoms with E-state index in [0.717, 1.165) is 5.92 Å². The molecule has 1 unspecified atom stereocenters. The van der Waals surface area contributed by atoms with Gasteiger partial charge in [0.05, 0.1) is 0 Å². The third-order valence-electron chi connectivity index (χ3n) is 7.50. The van der Waals surface area contributed by atoms with Crippen LogP contribution in [0.25, 0.3) is 0 Å². The molecular weight excluding hydrogens is 372 g/mol. The average Bonchev–Trinajstić information content (AvgIpc) is 2.78. The van der Waals surface area contributed by atoms with Crippen LogP contribution in [0.3, 0.4) is 0 Å². The number of rotatable bonds is 27. The smallest absolute Gasteiger partial charge is 0.0445 e. The summed E-state index contributed by atoms with van der Waals surface area (Å²) in [6, 6.07) is 0. The van der Waals surface area contributed by atoms with Crippen LogP contribution in [0.5, 0.6) is 0 Å². The van der Waals surface area contributed by atoms with Gasteiger partial charge in [0.25, 0.3) is 0 Å². The quantitative estimate of drug-likeness (QED) is 0.112. The zero-order valence-electron chi connectivity index (χ0n) is 22.7. The summed E-state index contributed by atoms with van der Waals surface area (Å²) in [5.41, 5.74) is 0. The van der Waals surface area contributed by atoms with Crippen LogP contribution in [-0.2, 0) is 0 Å². The minimum atomic E-state index is 0.949. The summed E-state index contributed by atoms with van der Waals surface area (Å²) in [6.07, 6.45) is 39.9. The normalized spacial score (nSPS) is 12.5. The van der Waals surface area contributed by atoms with E-state index in [1.165, 1.54) is 173 Å². The minimum absolute atomic E-state index is 0.949. The lowest BCUT2D eigenvalue weighted by atomic mass is 9.99. The van der Waals surface area contributed by atoms with Crippen LogP contribution in [0.2, 0.25) is 0 Å². The van der Waals surface area contributed by atoms with Crippen LogP contribution < -0.4 is 0 Å². The summed E-state index contributed by atoms with van der Waals surface area (Å²) >= 11 is 0. The van der Waals surface area contributed by atoms with Gasteiger partial charge >= 0.3 is 0 Å². The highest BCUT2D eigenvalue weighted by Crippen LogP contribution is 2.17. The first-order valence-electron chi connectivity index (χ1n) is 15.3. The standard InChI is InChI=1S/C31H64/c1-4-6-7-8-9-10-11-12-13-14-15-16-17-18-19-20-21-22-23-24-25-26-27-28-29-30-31(3)5-2/h31H,4-30H2,1-3H3. The molecule has 1 atom stereocenters. The molecule has 0 rings (SSSR count). The second kappa shape index (κ2) is 28.0. The Morgan fingerprint density at radius 1 is 0.323 bits per heavy atom. The van der Waals surface area contributed by atoms with Gasteiger partial charge in [-0.15, -0.1) is 0 Å². The molecule has 31 heavy (non-hydrogen) atoms. The first-order chi connectivity index (χ1) is 15.3. The van der Waals surface area contributed by atoms with Gasteiger partial charge in [-0.25, -0.2) is 0 Å². The third kappa shape index (κ3) is 28.0. The Kier molecular flexibility index (Phi) is 28.0. The fraction of sp³-hybridized carbons (Fsp3) is 1.00. The number of unbranched alkanes of at least 4 members (excludes halogenated alkanes) is 24. The highest BCUT2D eigenvalue weighted by Gasteiger charge is 1.99. The molecule has 188 valence electrons. The van der Waals surface area contributed by atoms with Gasteiger partial charge in [-0.3, -0.25) is 0 Å². The molecule has 0 aliphatic heterocycles. The number of hydrogen-bond donors (Lipinski definition) is 0. The first-order valence-corrected chi connectivity index (χ1v) is 15.3. The van der Waals surface area contributed by atoms with Gasteiger partial charge in [-0.1, -0.05) is 194 Å². The Morgan fingerprint density at radius 3 is 0.774 bits per heavy atom. The molecule has 0 spiro atoms. The van der Waals surface area contributed by atoms with Crippen LogP contribution in [0.15, 0.2) is 0 Å². The molecule has 0 heterocycles. The maximum atomic E-state index is 2.40. The molecule has 0 bridgehead atoms. The zero-order valence-corrected chi connectivity index (χ0v) is 22.7. The summed E-state index contributed by atoms with van der Waals surface area (Å²) in [5.74, 6) is 0.949. The SMILES string of the molecule is CCCCCCCCCCCCCCCCCCCCCCCCCCCC(C)CC. The van der Waals surface area contributed by atoms with E-state index in [1.54, 1.807) is 0 Å². The van der Waals surface area contributed by atoms with Crippen molar-refractivity contribution in [1.82, 2.24) is 0 Å². The summed E-state index contributed by atoms with van der Waals surface area (Å²) in [4.78, 5) is 0. The molecule has 0 aliphatic carbocycles. The van der Waals surface area contributed by atoms with Crippen molar-refractivity contribution in [1.29, 1.82) is 0 Å². The van der Waals surface area contributed by atoms with Crippen LogP contribution in [-0.4, -0.2) is 0 Å². The summed E-state index contributed by atoms with van der Waals surface area (Å²) in [7, 11) is 0. The van der Waals surface area contributed by atoms with Crippen molar-refractivity contribution in [3.63, 3.8) is 0 Å². The molecule has 0 aromatic heterocycles. The molecule has 0 nitrogen and oxygen atoms in total. The maximum absolute atomic E-state index is 2.40. The number of hydrogen-bond acceptors (Lipinski definition) is 0. The minimum Gasteiger partial charge on any atom is -0.0654 e. The first kappa shape index (κ1) is 31.0. The van der Waals surface area contributed by atoms with E-state index in [4.69, 9.17) is 0 Å². The Hall–Kier alpha value is 0. The maximum Gasteiger partial charge on any atom is -0.0445 e. The van der Waals surface area contributed by atoms with Gasteiger partial charge in [0.1, 0.15) is 0 Å². The monoisotopic (exact) mass is 437 g/mol. The Labute approximate surface area is 200 Å². The topological polar surface area (TPSA) is 0 Å². The van der Waals surface area contributed by atoms with Crippen molar-refractivity contribution in [2.45, 2.75) is 194 Å². The lowest BCUT2D eigenvalue weighted by Crippen LogP contribution is -1.91. The highest BCUT2D eigenvalue weighted by atomic mass is 14.0.